The first-order chi connectivity index (χ1) is 13.3. The van der Waals surface area contributed by atoms with Gasteiger partial charge in [-0.1, -0.05) is 41.4 Å². The van der Waals surface area contributed by atoms with Crippen LogP contribution in [-0.2, 0) is 14.4 Å². The maximum atomic E-state index is 12.7. The molecule has 2 N–H and O–H groups in total. The SMILES string of the molecule is O=C(O)CCN1C(=O)C(=O)C(=C(O)c2ccc(Cl)cc2)[C@@H]1c1ccccc1Cl. The molecule has 0 radical (unpaired) electrons. The predicted octanol–water partition coefficient (Wildman–Crippen LogP) is 3.89. The number of nitrogens with zero attached hydrogens (tertiary/aromatic N) is 1. The van der Waals surface area contributed by atoms with Crippen LogP contribution in [0.5, 0.6) is 0 Å². The van der Waals surface area contributed by atoms with E-state index in [-0.39, 0.29) is 29.3 Å². The smallest absolute Gasteiger partial charge is 0.305 e. The van der Waals surface area contributed by atoms with Gasteiger partial charge in [0, 0.05) is 22.2 Å². The van der Waals surface area contributed by atoms with Crippen LogP contribution in [0.15, 0.2) is 54.1 Å². The fourth-order valence-corrected chi connectivity index (χ4v) is 3.48. The van der Waals surface area contributed by atoms with Crippen LogP contribution in [-0.4, -0.2) is 39.3 Å². The van der Waals surface area contributed by atoms with Crippen LogP contribution in [0.1, 0.15) is 23.6 Å². The van der Waals surface area contributed by atoms with Crippen molar-refractivity contribution in [3.8, 4) is 0 Å². The molecular weight excluding hydrogens is 405 g/mol. The minimum atomic E-state index is -1.11. The number of aliphatic carboxylic acids is 1. The number of amides is 1. The monoisotopic (exact) mass is 419 g/mol. The quantitative estimate of drug-likeness (QED) is 0.435. The van der Waals surface area contributed by atoms with Crippen LogP contribution < -0.4 is 0 Å². The Morgan fingerprint density at radius 2 is 1.64 bits per heavy atom. The summed E-state index contributed by atoms with van der Waals surface area (Å²) in [7, 11) is 0. The first kappa shape index (κ1) is 19.9. The lowest BCUT2D eigenvalue weighted by Gasteiger charge is -2.25. The first-order valence-electron chi connectivity index (χ1n) is 8.32. The molecule has 0 saturated carbocycles. The van der Waals surface area contributed by atoms with E-state index in [4.69, 9.17) is 28.3 Å². The molecule has 1 aliphatic rings. The minimum absolute atomic E-state index is 0.147. The maximum absolute atomic E-state index is 12.7. The molecular formula is C20H15Cl2NO5. The third-order valence-electron chi connectivity index (χ3n) is 4.42. The third kappa shape index (κ3) is 3.74. The zero-order valence-electron chi connectivity index (χ0n) is 14.4. The van der Waals surface area contributed by atoms with Gasteiger partial charge in [0.1, 0.15) is 5.76 Å². The van der Waals surface area contributed by atoms with Crippen LogP contribution in [0.25, 0.3) is 5.76 Å². The molecule has 6 nitrogen and oxygen atoms in total. The summed E-state index contributed by atoms with van der Waals surface area (Å²) in [6, 6.07) is 11.7. The van der Waals surface area contributed by atoms with Gasteiger partial charge >= 0.3 is 5.97 Å². The standard InChI is InChI=1S/C20H15Cl2NO5/c21-12-7-5-11(6-8-12)18(26)16-17(13-3-1-2-4-14(13)22)23(10-9-15(24)25)20(28)19(16)27/h1-8,17,26H,9-10H2,(H,24,25)/t17-/m0/s1. The number of hydrogen-bond donors (Lipinski definition) is 2. The average molecular weight is 420 g/mol. The highest BCUT2D eigenvalue weighted by Gasteiger charge is 2.46. The number of carbonyl (C=O) groups excluding carboxylic acids is 2. The Bertz CT molecular complexity index is 984. The molecule has 1 saturated heterocycles. The molecule has 1 heterocycles. The summed E-state index contributed by atoms with van der Waals surface area (Å²) < 4.78 is 0. The van der Waals surface area contributed by atoms with Gasteiger partial charge in [-0.3, -0.25) is 14.4 Å². The van der Waals surface area contributed by atoms with Crippen molar-refractivity contribution in [1.82, 2.24) is 4.90 Å². The molecule has 1 fully saturated rings. The molecule has 144 valence electrons. The van der Waals surface area contributed by atoms with E-state index in [9.17, 15) is 19.5 Å². The Labute approximate surface area is 170 Å². The van der Waals surface area contributed by atoms with Crippen molar-refractivity contribution >= 4 is 46.6 Å². The minimum Gasteiger partial charge on any atom is -0.507 e. The number of rotatable bonds is 5. The number of carboxylic acids is 1. The van der Waals surface area contributed by atoms with Crippen LogP contribution in [0.3, 0.4) is 0 Å². The predicted molar refractivity (Wildman–Crippen MR) is 104 cm³/mol. The van der Waals surface area contributed by atoms with Crippen molar-refractivity contribution in [2.45, 2.75) is 12.5 Å². The maximum Gasteiger partial charge on any atom is 0.305 e. The summed E-state index contributed by atoms with van der Waals surface area (Å²) in [6.45, 7) is -0.201. The summed E-state index contributed by atoms with van der Waals surface area (Å²) in [5.41, 5.74) is 0.577. The lowest BCUT2D eigenvalue weighted by atomic mass is 9.95. The van der Waals surface area contributed by atoms with Crippen molar-refractivity contribution in [2.24, 2.45) is 0 Å². The Morgan fingerprint density at radius 1 is 1.00 bits per heavy atom. The second-order valence-electron chi connectivity index (χ2n) is 6.16. The van der Waals surface area contributed by atoms with Crippen LogP contribution in [0.2, 0.25) is 10.0 Å². The highest BCUT2D eigenvalue weighted by molar-refractivity contribution is 6.47. The lowest BCUT2D eigenvalue weighted by molar-refractivity contribution is -0.142. The second kappa shape index (κ2) is 8.04. The van der Waals surface area contributed by atoms with E-state index in [0.717, 1.165) is 4.90 Å². The van der Waals surface area contributed by atoms with Gasteiger partial charge in [0.15, 0.2) is 0 Å². The summed E-state index contributed by atoms with van der Waals surface area (Å²) >= 11 is 12.1. The van der Waals surface area contributed by atoms with Gasteiger partial charge in [-0.05, 0) is 35.9 Å². The highest BCUT2D eigenvalue weighted by atomic mass is 35.5. The van der Waals surface area contributed by atoms with E-state index in [1.807, 2.05) is 0 Å². The number of aliphatic hydroxyl groups is 1. The molecule has 0 spiro atoms. The fourth-order valence-electron chi connectivity index (χ4n) is 3.11. The molecule has 2 aromatic carbocycles. The normalized spacial score (nSPS) is 18.5. The number of ketones is 1. The van der Waals surface area contributed by atoms with Gasteiger partial charge < -0.3 is 15.1 Å². The first-order valence-corrected chi connectivity index (χ1v) is 9.07. The number of carbonyl (C=O) groups is 3. The van der Waals surface area contributed by atoms with Crippen molar-refractivity contribution < 1.29 is 24.6 Å². The van der Waals surface area contributed by atoms with E-state index in [1.54, 1.807) is 36.4 Å². The van der Waals surface area contributed by atoms with E-state index < -0.39 is 23.7 Å². The Balaban J connectivity index is 2.18. The summed E-state index contributed by atoms with van der Waals surface area (Å²) in [6.07, 6.45) is -0.352. The number of halogens is 2. The molecule has 8 heteroatoms. The van der Waals surface area contributed by atoms with E-state index in [0.29, 0.717) is 16.1 Å². The summed E-state index contributed by atoms with van der Waals surface area (Å²) in [5, 5.41) is 20.5. The number of likely N-dealkylation sites (tertiary alicyclic amines) is 1. The molecule has 28 heavy (non-hydrogen) atoms. The van der Waals surface area contributed by atoms with Crippen molar-refractivity contribution in [3.63, 3.8) is 0 Å². The zero-order chi connectivity index (χ0) is 20.4. The molecule has 0 unspecified atom stereocenters. The van der Waals surface area contributed by atoms with Crippen molar-refractivity contribution in [1.29, 1.82) is 0 Å². The largest absolute Gasteiger partial charge is 0.507 e. The Morgan fingerprint density at radius 3 is 2.25 bits per heavy atom. The number of benzene rings is 2. The highest BCUT2D eigenvalue weighted by Crippen LogP contribution is 2.41. The fraction of sp³-hybridized carbons (Fsp3) is 0.150. The van der Waals surface area contributed by atoms with Gasteiger partial charge in [0.25, 0.3) is 11.7 Å². The molecule has 3 rings (SSSR count). The van der Waals surface area contributed by atoms with Crippen molar-refractivity contribution in [2.75, 3.05) is 6.54 Å². The third-order valence-corrected chi connectivity index (χ3v) is 5.02. The van der Waals surface area contributed by atoms with Gasteiger partial charge in [-0.15, -0.1) is 0 Å². The number of carboxylic acid groups (broad SMARTS) is 1. The molecule has 1 amide bonds. The average Bonchev–Trinajstić information content (AvgIpc) is 2.91. The molecule has 1 aliphatic heterocycles. The topological polar surface area (TPSA) is 94.9 Å². The molecule has 0 aromatic heterocycles. The van der Waals surface area contributed by atoms with E-state index in [1.165, 1.54) is 12.1 Å². The van der Waals surface area contributed by atoms with Gasteiger partial charge in [-0.2, -0.15) is 0 Å². The number of hydrogen-bond acceptors (Lipinski definition) is 4. The van der Waals surface area contributed by atoms with Gasteiger partial charge in [-0.25, -0.2) is 0 Å². The van der Waals surface area contributed by atoms with E-state index >= 15 is 0 Å². The van der Waals surface area contributed by atoms with Crippen molar-refractivity contribution in [3.05, 3.63) is 75.3 Å². The van der Waals surface area contributed by atoms with Crippen LogP contribution >= 0.6 is 23.2 Å². The number of Topliss-reactive ketones (excluding diaryl/α,β-unsaturated/α-hetero) is 1. The molecule has 2 aromatic rings. The van der Waals surface area contributed by atoms with E-state index in [2.05, 4.69) is 0 Å². The Hall–Kier alpha value is -2.83. The molecule has 1 atom stereocenters. The second-order valence-corrected chi connectivity index (χ2v) is 7.01. The number of aliphatic hydroxyl groups excluding tert-OH is 1. The van der Waals surface area contributed by atoms with Gasteiger partial charge in [0.2, 0.25) is 0 Å². The van der Waals surface area contributed by atoms with Crippen LogP contribution in [0.4, 0.5) is 0 Å². The molecule has 0 aliphatic carbocycles. The lowest BCUT2D eigenvalue weighted by Crippen LogP contribution is -2.32. The summed E-state index contributed by atoms with van der Waals surface area (Å²) in [4.78, 5) is 37.4. The molecule has 0 bridgehead atoms. The summed E-state index contributed by atoms with van der Waals surface area (Å²) in [5.74, 6) is -3.28. The van der Waals surface area contributed by atoms with Gasteiger partial charge in [0.05, 0.1) is 18.0 Å². The Kier molecular flexibility index (Phi) is 5.72. The van der Waals surface area contributed by atoms with Crippen LogP contribution in [0, 0.1) is 0 Å². The zero-order valence-corrected chi connectivity index (χ0v) is 15.9.